The molecule has 0 aliphatic heterocycles. The molecule has 0 fully saturated rings. The summed E-state index contributed by atoms with van der Waals surface area (Å²) in [6.45, 7) is 0.571. The van der Waals surface area contributed by atoms with E-state index in [2.05, 4.69) is 20.6 Å². The van der Waals surface area contributed by atoms with Crippen molar-refractivity contribution in [3.8, 4) is 10.6 Å². The van der Waals surface area contributed by atoms with Crippen molar-refractivity contribution in [2.24, 2.45) is 0 Å². The fourth-order valence-electron chi connectivity index (χ4n) is 2.50. The summed E-state index contributed by atoms with van der Waals surface area (Å²) in [5, 5.41) is 16.3. The highest BCUT2D eigenvalue weighted by Crippen LogP contribution is 2.24. The van der Waals surface area contributed by atoms with Crippen LogP contribution in [0.1, 0.15) is 16.1 Å². The topological polar surface area (TPSA) is 75.6 Å². The Kier molecular flexibility index (Phi) is 4.55. The Morgan fingerprint density at radius 3 is 2.85 bits per heavy atom. The SMILES string of the molecule is O=C(Nc1nn(Cc2ccccc2)cc1Cl)c1cc(-c2cccs2)[nH]n1. The average Bonchev–Trinajstić information content (AvgIpc) is 3.37. The highest BCUT2D eigenvalue weighted by atomic mass is 35.5. The fourth-order valence-corrected chi connectivity index (χ4v) is 3.39. The van der Waals surface area contributed by atoms with Crippen LogP contribution in [0.5, 0.6) is 0 Å². The molecule has 0 unspecified atom stereocenters. The number of benzene rings is 1. The first-order valence-electron chi connectivity index (χ1n) is 7.86. The molecule has 3 heterocycles. The third kappa shape index (κ3) is 3.54. The monoisotopic (exact) mass is 383 g/mol. The Labute approximate surface area is 158 Å². The van der Waals surface area contributed by atoms with Gasteiger partial charge in [-0.3, -0.25) is 14.6 Å². The van der Waals surface area contributed by atoms with E-state index in [4.69, 9.17) is 11.6 Å². The first-order chi connectivity index (χ1) is 12.7. The minimum Gasteiger partial charge on any atom is -0.302 e. The lowest BCUT2D eigenvalue weighted by Gasteiger charge is -2.01. The fraction of sp³-hybridized carbons (Fsp3) is 0.0556. The zero-order valence-corrected chi connectivity index (χ0v) is 15.1. The molecule has 0 radical (unpaired) electrons. The van der Waals surface area contributed by atoms with Gasteiger partial charge in [0.2, 0.25) is 0 Å². The molecule has 6 nitrogen and oxygen atoms in total. The highest BCUT2D eigenvalue weighted by molar-refractivity contribution is 7.13. The number of carbonyl (C=O) groups is 1. The van der Waals surface area contributed by atoms with Gasteiger partial charge in [-0.25, -0.2) is 0 Å². The third-order valence-electron chi connectivity index (χ3n) is 3.73. The standard InChI is InChI=1S/C18H14ClN5OS/c19-13-11-24(10-12-5-2-1-3-6-12)23-17(13)20-18(25)15-9-14(21-22-15)16-7-4-8-26-16/h1-9,11H,10H2,(H,21,22)(H,20,23,25). The third-order valence-corrected chi connectivity index (χ3v) is 4.91. The van der Waals surface area contributed by atoms with Gasteiger partial charge in [0.15, 0.2) is 11.5 Å². The van der Waals surface area contributed by atoms with Crippen molar-refractivity contribution in [2.45, 2.75) is 6.54 Å². The second kappa shape index (κ2) is 7.15. The van der Waals surface area contributed by atoms with Gasteiger partial charge < -0.3 is 5.32 Å². The lowest BCUT2D eigenvalue weighted by atomic mass is 10.2. The van der Waals surface area contributed by atoms with Crippen LogP contribution in [0.4, 0.5) is 5.82 Å². The van der Waals surface area contributed by atoms with E-state index in [1.165, 1.54) is 0 Å². The number of thiophene rings is 1. The van der Waals surface area contributed by atoms with Crippen LogP contribution in [0, 0.1) is 0 Å². The molecule has 1 amide bonds. The van der Waals surface area contributed by atoms with Crippen LogP contribution >= 0.6 is 22.9 Å². The lowest BCUT2D eigenvalue weighted by Crippen LogP contribution is -2.13. The van der Waals surface area contributed by atoms with Crippen LogP contribution < -0.4 is 5.32 Å². The number of amides is 1. The van der Waals surface area contributed by atoms with Crippen molar-refractivity contribution in [1.82, 2.24) is 20.0 Å². The van der Waals surface area contributed by atoms with Crippen molar-refractivity contribution in [3.05, 3.63) is 76.4 Å². The van der Waals surface area contributed by atoms with E-state index in [1.807, 2.05) is 47.8 Å². The largest absolute Gasteiger partial charge is 0.302 e. The number of anilines is 1. The van der Waals surface area contributed by atoms with Gasteiger partial charge in [-0.2, -0.15) is 10.2 Å². The quantitative estimate of drug-likeness (QED) is 0.539. The summed E-state index contributed by atoms with van der Waals surface area (Å²) in [7, 11) is 0. The molecule has 0 bridgehead atoms. The number of rotatable bonds is 5. The predicted octanol–water partition coefficient (Wildman–Crippen LogP) is 4.29. The number of nitrogens with zero attached hydrogens (tertiary/aromatic N) is 3. The highest BCUT2D eigenvalue weighted by Gasteiger charge is 2.16. The smallest absolute Gasteiger partial charge is 0.277 e. The van der Waals surface area contributed by atoms with Crippen molar-refractivity contribution in [1.29, 1.82) is 0 Å². The summed E-state index contributed by atoms with van der Waals surface area (Å²) in [4.78, 5) is 13.4. The first-order valence-corrected chi connectivity index (χ1v) is 9.12. The molecule has 3 aromatic heterocycles. The molecule has 26 heavy (non-hydrogen) atoms. The van der Waals surface area contributed by atoms with Crippen LogP contribution in [-0.2, 0) is 6.54 Å². The molecule has 0 aliphatic carbocycles. The van der Waals surface area contributed by atoms with Gasteiger partial charge >= 0.3 is 0 Å². The maximum atomic E-state index is 12.4. The molecule has 8 heteroatoms. The molecule has 0 saturated carbocycles. The molecule has 0 spiro atoms. The van der Waals surface area contributed by atoms with Gasteiger partial charge in [0.1, 0.15) is 5.02 Å². The van der Waals surface area contributed by atoms with E-state index in [0.717, 1.165) is 16.1 Å². The first kappa shape index (κ1) is 16.6. The van der Waals surface area contributed by atoms with E-state index in [9.17, 15) is 4.79 Å². The summed E-state index contributed by atoms with van der Waals surface area (Å²) in [5.41, 5.74) is 2.17. The number of aromatic nitrogens is 4. The number of aromatic amines is 1. The van der Waals surface area contributed by atoms with E-state index < -0.39 is 0 Å². The summed E-state index contributed by atoms with van der Waals surface area (Å²) in [5.74, 6) is -0.0517. The number of carbonyl (C=O) groups excluding carboxylic acids is 1. The summed E-state index contributed by atoms with van der Waals surface area (Å²) < 4.78 is 1.69. The van der Waals surface area contributed by atoms with E-state index >= 15 is 0 Å². The number of hydrogen-bond donors (Lipinski definition) is 2. The zero-order valence-electron chi connectivity index (χ0n) is 13.5. The summed E-state index contributed by atoms with van der Waals surface area (Å²) in [6, 6.07) is 15.5. The molecular formula is C18H14ClN5OS. The van der Waals surface area contributed by atoms with Gasteiger partial charge in [-0.15, -0.1) is 11.3 Å². The Morgan fingerprint density at radius 2 is 2.08 bits per heavy atom. The van der Waals surface area contributed by atoms with Crippen LogP contribution in [0.25, 0.3) is 10.6 Å². The minimum atomic E-state index is -0.365. The Morgan fingerprint density at radius 1 is 1.23 bits per heavy atom. The zero-order chi connectivity index (χ0) is 17.9. The normalized spacial score (nSPS) is 10.8. The molecule has 130 valence electrons. The Bertz CT molecular complexity index is 1020. The number of hydrogen-bond acceptors (Lipinski definition) is 4. The van der Waals surface area contributed by atoms with E-state index in [0.29, 0.717) is 17.4 Å². The molecule has 0 saturated heterocycles. The number of halogens is 1. The molecule has 0 atom stereocenters. The Balaban J connectivity index is 1.48. The number of H-pyrrole nitrogens is 1. The molecule has 4 aromatic rings. The molecule has 4 rings (SSSR count). The summed E-state index contributed by atoms with van der Waals surface area (Å²) >= 11 is 7.78. The maximum absolute atomic E-state index is 12.4. The average molecular weight is 384 g/mol. The van der Waals surface area contributed by atoms with Crippen LogP contribution in [0.15, 0.2) is 60.1 Å². The molecule has 1 aromatic carbocycles. The predicted molar refractivity (Wildman–Crippen MR) is 103 cm³/mol. The van der Waals surface area contributed by atoms with Gasteiger partial charge in [0, 0.05) is 6.20 Å². The van der Waals surface area contributed by atoms with E-state index in [1.54, 1.807) is 28.3 Å². The van der Waals surface area contributed by atoms with Crippen LogP contribution in [0.3, 0.4) is 0 Å². The molecule has 2 N–H and O–H groups in total. The molecular weight excluding hydrogens is 370 g/mol. The van der Waals surface area contributed by atoms with Crippen molar-refractivity contribution >= 4 is 34.7 Å². The lowest BCUT2D eigenvalue weighted by molar-refractivity contribution is 0.102. The summed E-state index contributed by atoms with van der Waals surface area (Å²) in [6.07, 6.45) is 1.69. The Hall–Kier alpha value is -2.90. The number of nitrogens with one attached hydrogen (secondary N) is 2. The van der Waals surface area contributed by atoms with E-state index in [-0.39, 0.29) is 11.6 Å². The van der Waals surface area contributed by atoms with Gasteiger partial charge in [-0.1, -0.05) is 48.0 Å². The van der Waals surface area contributed by atoms with Crippen molar-refractivity contribution < 1.29 is 4.79 Å². The van der Waals surface area contributed by atoms with Gasteiger partial charge in [0.25, 0.3) is 5.91 Å². The van der Waals surface area contributed by atoms with Gasteiger partial charge in [0.05, 0.1) is 17.1 Å². The van der Waals surface area contributed by atoms with Crippen molar-refractivity contribution in [3.63, 3.8) is 0 Å². The van der Waals surface area contributed by atoms with Crippen LogP contribution in [0.2, 0.25) is 5.02 Å². The van der Waals surface area contributed by atoms with Crippen LogP contribution in [-0.4, -0.2) is 25.9 Å². The minimum absolute atomic E-state index is 0.280. The second-order valence-corrected chi connectivity index (χ2v) is 6.96. The van der Waals surface area contributed by atoms with Crippen molar-refractivity contribution in [2.75, 3.05) is 5.32 Å². The molecule has 0 aliphatic rings. The maximum Gasteiger partial charge on any atom is 0.277 e. The second-order valence-electron chi connectivity index (χ2n) is 5.61. The van der Waals surface area contributed by atoms with Gasteiger partial charge in [-0.05, 0) is 23.1 Å².